The van der Waals surface area contributed by atoms with Gasteiger partial charge in [-0.25, -0.2) is 4.79 Å². The molecule has 0 aliphatic heterocycles. The van der Waals surface area contributed by atoms with Gasteiger partial charge in [-0.15, -0.1) is 5.92 Å². The van der Waals surface area contributed by atoms with Gasteiger partial charge in [-0.2, -0.15) is 0 Å². The number of carbonyl (C=O) groups excluding carboxylic acids is 1. The fourth-order valence-corrected chi connectivity index (χ4v) is 1.58. The van der Waals surface area contributed by atoms with Crippen molar-refractivity contribution in [2.75, 3.05) is 18.0 Å². The molecule has 2 N–H and O–H groups in total. The minimum Gasteiger partial charge on any atom is -0.481 e. The lowest BCUT2D eigenvalue weighted by atomic mass is 10.2. The predicted octanol–water partition coefficient (Wildman–Crippen LogP) is 2.01. The van der Waals surface area contributed by atoms with Crippen molar-refractivity contribution >= 4 is 17.7 Å². The van der Waals surface area contributed by atoms with Crippen LogP contribution in [-0.4, -0.2) is 30.2 Å². The van der Waals surface area contributed by atoms with Crippen LogP contribution in [0.2, 0.25) is 0 Å². The molecule has 1 aromatic rings. The van der Waals surface area contributed by atoms with E-state index in [1.54, 1.807) is 19.1 Å². The standard InChI is InChI=1S/C15H18N2O3/c1-3-4-10-16-15(20)17(11-9-14(18)19)13-7-5-12(2)6-8-13/h5-8H,9-11H2,1-2H3,(H,16,20)(H,18,19). The molecule has 0 aliphatic carbocycles. The van der Waals surface area contributed by atoms with E-state index in [4.69, 9.17) is 5.11 Å². The summed E-state index contributed by atoms with van der Waals surface area (Å²) in [5.41, 5.74) is 1.74. The number of amides is 2. The van der Waals surface area contributed by atoms with Gasteiger partial charge < -0.3 is 10.4 Å². The number of carboxylic acid groups (broad SMARTS) is 1. The Bertz CT molecular complexity index is 526. The van der Waals surface area contributed by atoms with E-state index in [9.17, 15) is 9.59 Å². The van der Waals surface area contributed by atoms with E-state index in [-0.39, 0.29) is 25.5 Å². The number of rotatable bonds is 5. The van der Waals surface area contributed by atoms with Crippen LogP contribution in [0.4, 0.5) is 10.5 Å². The van der Waals surface area contributed by atoms with Crippen LogP contribution in [0.15, 0.2) is 24.3 Å². The van der Waals surface area contributed by atoms with Crippen LogP contribution in [0.5, 0.6) is 0 Å². The number of aliphatic carboxylic acids is 1. The number of hydrogen-bond donors (Lipinski definition) is 2. The first-order chi connectivity index (χ1) is 9.54. The van der Waals surface area contributed by atoms with Crippen molar-refractivity contribution in [3.8, 4) is 11.8 Å². The molecular formula is C15H18N2O3. The summed E-state index contributed by atoms with van der Waals surface area (Å²) in [5.74, 6) is 4.48. The zero-order chi connectivity index (χ0) is 15.0. The Morgan fingerprint density at radius 1 is 1.30 bits per heavy atom. The van der Waals surface area contributed by atoms with Crippen LogP contribution in [-0.2, 0) is 4.79 Å². The molecule has 5 heteroatoms. The molecule has 0 heterocycles. The van der Waals surface area contributed by atoms with Crippen LogP contribution in [0.25, 0.3) is 0 Å². The van der Waals surface area contributed by atoms with Crippen molar-refractivity contribution in [2.45, 2.75) is 20.3 Å². The molecule has 5 nitrogen and oxygen atoms in total. The second-order valence-electron chi connectivity index (χ2n) is 4.22. The zero-order valence-electron chi connectivity index (χ0n) is 11.6. The number of urea groups is 1. The van der Waals surface area contributed by atoms with E-state index in [0.717, 1.165) is 5.56 Å². The second kappa shape index (κ2) is 7.85. The van der Waals surface area contributed by atoms with Crippen LogP contribution < -0.4 is 10.2 Å². The fraction of sp³-hybridized carbons (Fsp3) is 0.333. The molecule has 0 radical (unpaired) electrons. The van der Waals surface area contributed by atoms with Crippen LogP contribution >= 0.6 is 0 Å². The van der Waals surface area contributed by atoms with E-state index in [1.165, 1.54) is 4.90 Å². The third kappa shape index (κ3) is 5.02. The van der Waals surface area contributed by atoms with E-state index in [2.05, 4.69) is 17.2 Å². The highest BCUT2D eigenvalue weighted by molar-refractivity contribution is 5.92. The highest BCUT2D eigenvalue weighted by Gasteiger charge is 2.16. The first kappa shape index (κ1) is 15.6. The Balaban J connectivity index is 2.82. The van der Waals surface area contributed by atoms with Crippen LogP contribution in [0, 0.1) is 18.8 Å². The van der Waals surface area contributed by atoms with Gasteiger partial charge in [0.2, 0.25) is 0 Å². The summed E-state index contributed by atoms with van der Waals surface area (Å²) >= 11 is 0. The summed E-state index contributed by atoms with van der Waals surface area (Å²) in [6, 6.07) is 6.99. The Kier molecular flexibility index (Phi) is 6.11. The Morgan fingerprint density at radius 3 is 2.50 bits per heavy atom. The lowest BCUT2D eigenvalue weighted by Gasteiger charge is -2.22. The van der Waals surface area contributed by atoms with Gasteiger partial charge in [-0.3, -0.25) is 9.69 Å². The first-order valence-electron chi connectivity index (χ1n) is 6.28. The summed E-state index contributed by atoms with van der Waals surface area (Å²) in [4.78, 5) is 24.2. The van der Waals surface area contributed by atoms with Crippen molar-refractivity contribution in [1.29, 1.82) is 0 Å². The maximum atomic E-state index is 12.1. The molecule has 20 heavy (non-hydrogen) atoms. The summed E-state index contributed by atoms with van der Waals surface area (Å²) in [5, 5.41) is 11.4. The molecule has 0 spiro atoms. The number of anilines is 1. The first-order valence-corrected chi connectivity index (χ1v) is 6.28. The Morgan fingerprint density at radius 2 is 1.95 bits per heavy atom. The molecule has 0 aromatic heterocycles. The van der Waals surface area contributed by atoms with Gasteiger partial charge in [0.15, 0.2) is 0 Å². The maximum absolute atomic E-state index is 12.1. The summed E-state index contributed by atoms with van der Waals surface area (Å²) in [6.07, 6.45) is -0.110. The molecule has 0 bridgehead atoms. The third-order valence-corrected chi connectivity index (χ3v) is 2.64. The lowest BCUT2D eigenvalue weighted by Crippen LogP contribution is -2.41. The van der Waals surface area contributed by atoms with Crippen molar-refractivity contribution in [3.05, 3.63) is 29.8 Å². The highest BCUT2D eigenvalue weighted by Crippen LogP contribution is 2.15. The molecule has 1 aromatic carbocycles. The van der Waals surface area contributed by atoms with Gasteiger partial charge in [0.25, 0.3) is 0 Å². The molecule has 0 saturated carbocycles. The van der Waals surface area contributed by atoms with Gasteiger partial charge in [-0.05, 0) is 26.0 Å². The topological polar surface area (TPSA) is 69.6 Å². The van der Waals surface area contributed by atoms with Gasteiger partial charge in [0.05, 0.1) is 13.0 Å². The average Bonchev–Trinajstić information content (AvgIpc) is 2.41. The molecular weight excluding hydrogens is 256 g/mol. The molecule has 0 atom stereocenters. The van der Waals surface area contributed by atoms with Crippen LogP contribution in [0.3, 0.4) is 0 Å². The molecule has 0 saturated heterocycles. The molecule has 0 aliphatic rings. The predicted molar refractivity (Wildman–Crippen MR) is 77.6 cm³/mol. The Hall–Kier alpha value is -2.48. The van der Waals surface area contributed by atoms with E-state index < -0.39 is 5.97 Å². The summed E-state index contributed by atoms with van der Waals surface area (Å²) in [6.45, 7) is 3.99. The van der Waals surface area contributed by atoms with Gasteiger partial charge in [0.1, 0.15) is 0 Å². The summed E-state index contributed by atoms with van der Waals surface area (Å²) < 4.78 is 0. The third-order valence-electron chi connectivity index (χ3n) is 2.64. The van der Waals surface area contributed by atoms with Crippen molar-refractivity contribution < 1.29 is 14.7 Å². The smallest absolute Gasteiger partial charge is 0.322 e. The molecule has 1 rings (SSSR count). The van der Waals surface area contributed by atoms with Gasteiger partial charge in [-0.1, -0.05) is 23.6 Å². The quantitative estimate of drug-likeness (QED) is 0.807. The second-order valence-corrected chi connectivity index (χ2v) is 4.22. The monoisotopic (exact) mass is 274 g/mol. The minimum absolute atomic E-state index is 0.110. The number of carboxylic acids is 1. The van der Waals surface area contributed by atoms with Gasteiger partial charge >= 0.3 is 12.0 Å². The summed E-state index contributed by atoms with van der Waals surface area (Å²) in [7, 11) is 0. The normalized spacial score (nSPS) is 9.30. The largest absolute Gasteiger partial charge is 0.481 e. The highest BCUT2D eigenvalue weighted by atomic mass is 16.4. The van der Waals surface area contributed by atoms with Crippen LogP contribution in [0.1, 0.15) is 18.9 Å². The van der Waals surface area contributed by atoms with Gasteiger partial charge in [0, 0.05) is 12.2 Å². The molecule has 2 amide bonds. The van der Waals surface area contributed by atoms with E-state index >= 15 is 0 Å². The molecule has 106 valence electrons. The van der Waals surface area contributed by atoms with Crippen molar-refractivity contribution in [1.82, 2.24) is 5.32 Å². The minimum atomic E-state index is -0.941. The number of benzene rings is 1. The molecule has 0 unspecified atom stereocenters. The number of aryl methyl sites for hydroxylation is 1. The van der Waals surface area contributed by atoms with E-state index in [0.29, 0.717) is 5.69 Å². The maximum Gasteiger partial charge on any atom is 0.322 e. The Labute approximate surface area is 118 Å². The number of carbonyl (C=O) groups is 2. The number of nitrogens with zero attached hydrogens (tertiary/aromatic N) is 1. The average molecular weight is 274 g/mol. The van der Waals surface area contributed by atoms with Crippen molar-refractivity contribution in [2.24, 2.45) is 0 Å². The van der Waals surface area contributed by atoms with E-state index in [1.807, 2.05) is 19.1 Å². The van der Waals surface area contributed by atoms with Crippen molar-refractivity contribution in [3.63, 3.8) is 0 Å². The molecule has 0 fully saturated rings. The lowest BCUT2D eigenvalue weighted by molar-refractivity contribution is -0.136. The zero-order valence-corrected chi connectivity index (χ0v) is 11.6. The number of nitrogens with one attached hydrogen (secondary N) is 1. The fourth-order valence-electron chi connectivity index (χ4n) is 1.58. The number of hydrogen-bond acceptors (Lipinski definition) is 2. The SMILES string of the molecule is CC#CCNC(=O)N(CCC(=O)O)c1ccc(C)cc1.